The van der Waals surface area contributed by atoms with Gasteiger partial charge in [0.25, 0.3) is 0 Å². The third-order valence-corrected chi connectivity index (χ3v) is 7.60. The van der Waals surface area contributed by atoms with Gasteiger partial charge in [0.15, 0.2) is 5.65 Å². The fourth-order valence-corrected chi connectivity index (χ4v) is 5.36. The lowest BCUT2D eigenvalue weighted by molar-refractivity contribution is -0.163. The molecule has 178 valence electrons. The third kappa shape index (κ3) is 3.71. The van der Waals surface area contributed by atoms with Gasteiger partial charge in [-0.3, -0.25) is 4.79 Å². The number of pyridine rings is 1. The van der Waals surface area contributed by atoms with E-state index in [1.54, 1.807) is 30.7 Å². The molecule has 0 unspecified atom stereocenters. The highest BCUT2D eigenvalue weighted by atomic mass is 19.1. The van der Waals surface area contributed by atoms with Crippen LogP contribution in [0.1, 0.15) is 44.1 Å². The molecule has 9 heteroatoms. The molecule has 0 atom stereocenters. The normalized spacial score (nSPS) is 23.5. The number of fused-ring (bicyclic) bond motifs is 4. The summed E-state index contributed by atoms with van der Waals surface area (Å²) in [4.78, 5) is 32.2. The van der Waals surface area contributed by atoms with E-state index in [1.807, 2.05) is 13.0 Å². The van der Waals surface area contributed by atoms with Crippen molar-refractivity contribution in [2.75, 3.05) is 0 Å². The van der Waals surface area contributed by atoms with Crippen LogP contribution in [-0.4, -0.2) is 41.6 Å². The molecule has 4 aromatic rings. The third-order valence-electron chi connectivity index (χ3n) is 7.60. The van der Waals surface area contributed by atoms with Crippen LogP contribution < -0.4 is 4.74 Å². The van der Waals surface area contributed by atoms with Gasteiger partial charge in [0.2, 0.25) is 0 Å². The van der Waals surface area contributed by atoms with Crippen molar-refractivity contribution in [1.29, 1.82) is 0 Å². The highest BCUT2D eigenvalue weighted by molar-refractivity contribution is 5.77. The zero-order valence-electron chi connectivity index (χ0n) is 19.2. The summed E-state index contributed by atoms with van der Waals surface area (Å²) in [7, 11) is 0. The second-order valence-corrected chi connectivity index (χ2v) is 9.79. The quantitative estimate of drug-likeness (QED) is 0.415. The molecule has 2 bridgehead atoms. The van der Waals surface area contributed by atoms with Crippen molar-refractivity contribution in [1.82, 2.24) is 24.9 Å². The van der Waals surface area contributed by atoms with E-state index in [9.17, 15) is 9.90 Å². The zero-order valence-corrected chi connectivity index (χ0v) is 19.2. The number of hydrogen-bond acceptors (Lipinski definition) is 6. The molecular formula is C26H24FN5O3. The standard InChI is InChI=1S/C26H24FN5O3/c1-15-10-20-22(28-12-15)32-21(31-20)18-3-2-16(11-19(18)27)17-13-29-24(30-14-17)35-26-7-4-25(5-8-26,6-9-26)23(33)34/h2-3,10-14H,4-9H2,1H3,(H,33,34)(H,28,31,32). The number of carboxylic acid groups (broad SMARTS) is 1. The van der Waals surface area contributed by atoms with E-state index in [0.29, 0.717) is 66.7 Å². The monoisotopic (exact) mass is 473 g/mol. The van der Waals surface area contributed by atoms with Crippen LogP contribution >= 0.6 is 0 Å². The average Bonchev–Trinajstić information content (AvgIpc) is 3.28. The minimum atomic E-state index is -0.697. The summed E-state index contributed by atoms with van der Waals surface area (Å²) in [6, 6.07) is 7.11. The van der Waals surface area contributed by atoms with E-state index < -0.39 is 22.8 Å². The Morgan fingerprint density at radius 1 is 1.00 bits per heavy atom. The SMILES string of the molecule is Cc1cnc2nc(-c3ccc(-c4cnc(OC56CCC(C(=O)O)(CC5)CC6)nc4)cc3F)[nH]c2c1. The summed E-state index contributed by atoms with van der Waals surface area (Å²) >= 11 is 0. The Hall–Kier alpha value is -3.88. The van der Waals surface area contributed by atoms with Crippen LogP contribution in [0.15, 0.2) is 42.9 Å². The molecule has 3 aliphatic rings. The minimum absolute atomic E-state index is 0.264. The van der Waals surface area contributed by atoms with E-state index in [0.717, 1.165) is 11.1 Å². The Labute approximate surface area is 200 Å². The van der Waals surface area contributed by atoms with Gasteiger partial charge in [-0.2, -0.15) is 0 Å². The first-order valence-electron chi connectivity index (χ1n) is 11.7. The summed E-state index contributed by atoms with van der Waals surface area (Å²) in [5.41, 5.74) is 2.98. The second kappa shape index (κ2) is 7.83. The molecule has 2 N–H and O–H groups in total. The number of aromatic amines is 1. The van der Waals surface area contributed by atoms with Crippen molar-refractivity contribution in [2.45, 2.75) is 51.0 Å². The van der Waals surface area contributed by atoms with Gasteiger partial charge >= 0.3 is 12.0 Å². The summed E-state index contributed by atoms with van der Waals surface area (Å²) in [6.45, 7) is 1.94. The minimum Gasteiger partial charge on any atom is -0.481 e. The number of benzene rings is 1. The summed E-state index contributed by atoms with van der Waals surface area (Å²) in [5.74, 6) is -0.686. The molecule has 3 aromatic heterocycles. The number of hydrogen-bond donors (Lipinski definition) is 2. The number of imidazole rings is 1. The topological polar surface area (TPSA) is 114 Å². The second-order valence-electron chi connectivity index (χ2n) is 9.79. The van der Waals surface area contributed by atoms with Crippen LogP contribution in [0.3, 0.4) is 0 Å². The van der Waals surface area contributed by atoms with Crippen LogP contribution in [0.5, 0.6) is 6.01 Å². The molecule has 3 fully saturated rings. The largest absolute Gasteiger partial charge is 0.481 e. The van der Waals surface area contributed by atoms with Gasteiger partial charge in [-0.05, 0) is 74.8 Å². The molecule has 35 heavy (non-hydrogen) atoms. The van der Waals surface area contributed by atoms with Crippen LogP contribution in [0.25, 0.3) is 33.7 Å². The Morgan fingerprint density at radius 3 is 2.37 bits per heavy atom. The number of nitrogens with zero attached hydrogens (tertiary/aromatic N) is 4. The molecule has 0 spiro atoms. The van der Waals surface area contributed by atoms with Gasteiger partial charge in [-0.1, -0.05) is 6.07 Å². The van der Waals surface area contributed by atoms with Crippen molar-refractivity contribution < 1.29 is 19.0 Å². The molecule has 3 heterocycles. The number of carboxylic acids is 1. The van der Waals surface area contributed by atoms with Gasteiger partial charge < -0.3 is 14.8 Å². The van der Waals surface area contributed by atoms with E-state index in [4.69, 9.17) is 4.74 Å². The maximum Gasteiger partial charge on any atom is 0.316 e. The lowest BCUT2D eigenvalue weighted by Gasteiger charge is -2.50. The molecule has 0 radical (unpaired) electrons. The van der Waals surface area contributed by atoms with Crippen molar-refractivity contribution in [2.24, 2.45) is 5.41 Å². The van der Waals surface area contributed by atoms with Crippen LogP contribution in [0.2, 0.25) is 0 Å². The maximum absolute atomic E-state index is 15.0. The van der Waals surface area contributed by atoms with Gasteiger partial charge in [-0.25, -0.2) is 24.3 Å². The lowest BCUT2D eigenvalue weighted by Crippen LogP contribution is -2.52. The Kier molecular flexibility index (Phi) is 4.84. The zero-order chi connectivity index (χ0) is 24.2. The first-order valence-corrected chi connectivity index (χ1v) is 11.7. The molecule has 8 nitrogen and oxygen atoms in total. The average molecular weight is 474 g/mol. The van der Waals surface area contributed by atoms with Crippen molar-refractivity contribution in [3.05, 3.63) is 54.2 Å². The smallest absolute Gasteiger partial charge is 0.316 e. The number of carbonyl (C=O) groups is 1. The Morgan fingerprint density at radius 2 is 1.71 bits per heavy atom. The van der Waals surface area contributed by atoms with Gasteiger partial charge in [-0.15, -0.1) is 0 Å². The maximum atomic E-state index is 15.0. The Balaban J connectivity index is 1.19. The summed E-state index contributed by atoms with van der Waals surface area (Å²) < 4.78 is 21.2. The van der Waals surface area contributed by atoms with E-state index in [2.05, 4.69) is 24.9 Å². The molecule has 1 aromatic carbocycles. The number of aliphatic carboxylic acids is 1. The van der Waals surface area contributed by atoms with Crippen LogP contribution in [0.4, 0.5) is 4.39 Å². The van der Waals surface area contributed by atoms with Crippen LogP contribution in [0, 0.1) is 18.2 Å². The summed E-state index contributed by atoms with van der Waals surface area (Å²) in [5, 5.41) is 9.57. The van der Waals surface area contributed by atoms with Gasteiger partial charge in [0.1, 0.15) is 17.2 Å². The Bertz CT molecular complexity index is 1420. The number of H-pyrrole nitrogens is 1. The van der Waals surface area contributed by atoms with E-state index >= 15 is 4.39 Å². The highest BCUT2D eigenvalue weighted by Crippen LogP contribution is 2.53. The molecule has 7 rings (SSSR count). The first-order chi connectivity index (χ1) is 16.8. The van der Waals surface area contributed by atoms with Crippen LogP contribution in [-0.2, 0) is 4.79 Å². The van der Waals surface area contributed by atoms with Crippen molar-refractivity contribution in [3.8, 4) is 28.5 Å². The number of aryl methyl sites for hydroxylation is 1. The molecular weight excluding hydrogens is 449 g/mol. The fraction of sp³-hybridized carbons (Fsp3) is 0.346. The first kappa shape index (κ1) is 21.6. The van der Waals surface area contributed by atoms with E-state index in [1.165, 1.54) is 6.07 Å². The molecule has 0 amide bonds. The number of ether oxygens (including phenoxy) is 1. The fourth-order valence-electron chi connectivity index (χ4n) is 5.36. The predicted molar refractivity (Wildman–Crippen MR) is 126 cm³/mol. The predicted octanol–water partition coefficient (Wildman–Crippen LogP) is 5.09. The number of aromatic nitrogens is 5. The van der Waals surface area contributed by atoms with Gasteiger partial charge in [0, 0.05) is 24.2 Å². The lowest BCUT2D eigenvalue weighted by atomic mass is 9.58. The number of rotatable bonds is 5. The molecule has 0 saturated heterocycles. The van der Waals surface area contributed by atoms with Crippen molar-refractivity contribution in [3.63, 3.8) is 0 Å². The molecule has 0 aliphatic heterocycles. The summed E-state index contributed by atoms with van der Waals surface area (Å²) in [6.07, 6.45) is 8.89. The molecule has 3 aliphatic carbocycles. The van der Waals surface area contributed by atoms with Gasteiger partial charge in [0.05, 0.1) is 16.5 Å². The number of nitrogens with one attached hydrogen (secondary N) is 1. The highest BCUT2D eigenvalue weighted by Gasteiger charge is 2.54. The molecule has 3 saturated carbocycles. The van der Waals surface area contributed by atoms with E-state index in [-0.39, 0.29) is 6.01 Å². The van der Waals surface area contributed by atoms with Crippen molar-refractivity contribution >= 4 is 17.1 Å². The number of halogens is 1.